The standard InChI is InChI=1S/C29H35FN6O5/c1-17-14-32-29(33-22-4-8-41-9-5-22)34-26(17)20-12-24-28(39)36(7-6-35(24)16-20)18(2)27(38)31-15-25(37)19-10-21(30)13-23(11-19)40-3/h10-14,16,18,22,25,37H,4-9,15H2,1-3H3,(H,31,38)(H,32,33,34)/t18-,25+/m0/s1. The predicted octanol–water partition coefficient (Wildman–Crippen LogP) is 2.69. The van der Waals surface area contributed by atoms with E-state index in [1.54, 1.807) is 19.2 Å². The molecule has 2 amide bonds. The van der Waals surface area contributed by atoms with Gasteiger partial charge in [-0.1, -0.05) is 0 Å². The molecule has 0 spiro atoms. The van der Waals surface area contributed by atoms with Crippen molar-refractivity contribution in [2.45, 2.75) is 51.4 Å². The van der Waals surface area contributed by atoms with E-state index in [1.165, 1.54) is 30.2 Å². The summed E-state index contributed by atoms with van der Waals surface area (Å²) in [5.74, 6) is -0.435. The quantitative estimate of drug-likeness (QED) is 0.361. The fourth-order valence-electron chi connectivity index (χ4n) is 5.16. The number of methoxy groups -OCH3 is 1. The van der Waals surface area contributed by atoms with Gasteiger partial charge < -0.3 is 34.7 Å². The van der Waals surface area contributed by atoms with Crippen LogP contribution in [0.2, 0.25) is 0 Å². The highest BCUT2D eigenvalue weighted by molar-refractivity contribution is 5.98. The SMILES string of the molecule is COc1cc(F)cc([C@H](O)CNC(=O)[C@H](C)N2CCn3cc(-c4nc(NC5CCOCC5)ncc4C)cc3C2=O)c1. The van der Waals surface area contributed by atoms with E-state index in [4.69, 9.17) is 14.5 Å². The smallest absolute Gasteiger partial charge is 0.271 e. The van der Waals surface area contributed by atoms with Crippen LogP contribution >= 0.6 is 0 Å². The lowest BCUT2D eigenvalue weighted by molar-refractivity contribution is -0.125. The van der Waals surface area contributed by atoms with Crippen molar-refractivity contribution in [1.29, 1.82) is 0 Å². The Bertz CT molecular complexity index is 1420. The van der Waals surface area contributed by atoms with E-state index < -0.39 is 23.9 Å². The summed E-state index contributed by atoms with van der Waals surface area (Å²) in [6.45, 7) is 5.71. The van der Waals surface area contributed by atoms with Gasteiger partial charge in [-0.15, -0.1) is 0 Å². The fourth-order valence-corrected chi connectivity index (χ4v) is 5.16. The lowest BCUT2D eigenvalue weighted by atomic mass is 10.1. The van der Waals surface area contributed by atoms with Crippen LogP contribution in [-0.2, 0) is 16.1 Å². The van der Waals surface area contributed by atoms with E-state index >= 15 is 0 Å². The molecule has 0 radical (unpaired) electrons. The minimum atomic E-state index is -1.14. The summed E-state index contributed by atoms with van der Waals surface area (Å²) >= 11 is 0. The fraction of sp³-hybridized carbons (Fsp3) is 0.448. The van der Waals surface area contributed by atoms with E-state index in [9.17, 15) is 19.1 Å². The van der Waals surface area contributed by atoms with E-state index in [2.05, 4.69) is 15.6 Å². The third-order valence-electron chi connectivity index (χ3n) is 7.59. The zero-order chi connectivity index (χ0) is 29.1. The average molecular weight is 567 g/mol. The van der Waals surface area contributed by atoms with Gasteiger partial charge in [-0.3, -0.25) is 9.59 Å². The highest BCUT2D eigenvalue weighted by atomic mass is 19.1. The second kappa shape index (κ2) is 12.2. The van der Waals surface area contributed by atoms with Crippen LogP contribution in [0, 0.1) is 12.7 Å². The summed E-state index contributed by atoms with van der Waals surface area (Å²) in [6, 6.07) is 5.17. The molecule has 1 saturated heterocycles. The second-order valence-electron chi connectivity index (χ2n) is 10.4. The first-order valence-electron chi connectivity index (χ1n) is 13.7. The third-order valence-corrected chi connectivity index (χ3v) is 7.59. The molecule has 11 nitrogen and oxygen atoms in total. The Morgan fingerprint density at radius 3 is 2.78 bits per heavy atom. The molecule has 3 N–H and O–H groups in total. The summed E-state index contributed by atoms with van der Waals surface area (Å²) in [5.41, 5.74) is 3.17. The molecule has 218 valence electrons. The van der Waals surface area contributed by atoms with Gasteiger partial charge in [0.05, 0.1) is 18.9 Å². The molecular weight excluding hydrogens is 531 g/mol. The van der Waals surface area contributed by atoms with Gasteiger partial charge in [0.15, 0.2) is 0 Å². The predicted molar refractivity (Wildman–Crippen MR) is 149 cm³/mol. The van der Waals surface area contributed by atoms with E-state index in [0.717, 1.165) is 29.7 Å². The van der Waals surface area contributed by atoms with Crippen LogP contribution in [0.1, 0.15) is 47.5 Å². The van der Waals surface area contributed by atoms with Gasteiger partial charge in [-0.25, -0.2) is 14.4 Å². The molecule has 1 aromatic carbocycles. The normalized spacial score (nSPS) is 17.1. The summed E-state index contributed by atoms with van der Waals surface area (Å²) in [4.78, 5) is 37.1. The molecular formula is C29H35FN6O5. The Morgan fingerprint density at radius 1 is 1.24 bits per heavy atom. The molecule has 4 heterocycles. The Kier molecular flexibility index (Phi) is 8.50. The Balaban J connectivity index is 1.25. The Hall–Kier alpha value is -4.03. The number of hydrogen-bond acceptors (Lipinski definition) is 8. The number of nitrogens with zero attached hydrogens (tertiary/aromatic N) is 4. The van der Waals surface area contributed by atoms with Gasteiger partial charge >= 0.3 is 0 Å². The third kappa shape index (κ3) is 6.33. The molecule has 2 aromatic heterocycles. The van der Waals surface area contributed by atoms with Gasteiger partial charge in [0.25, 0.3) is 5.91 Å². The van der Waals surface area contributed by atoms with Crippen LogP contribution in [-0.4, -0.2) is 81.9 Å². The first-order valence-corrected chi connectivity index (χ1v) is 13.7. The number of aliphatic hydroxyl groups is 1. The number of benzene rings is 1. The highest BCUT2D eigenvalue weighted by Crippen LogP contribution is 2.28. The number of rotatable bonds is 9. The van der Waals surface area contributed by atoms with Crippen molar-refractivity contribution in [2.75, 3.05) is 38.7 Å². The van der Waals surface area contributed by atoms with Crippen molar-refractivity contribution in [1.82, 2.24) is 24.8 Å². The molecule has 2 atom stereocenters. The van der Waals surface area contributed by atoms with Gasteiger partial charge in [0.1, 0.15) is 23.3 Å². The van der Waals surface area contributed by atoms with Gasteiger partial charge in [-0.05, 0) is 56.0 Å². The van der Waals surface area contributed by atoms with E-state index in [0.29, 0.717) is 37.9 Å². The van der Waals surface area contributed by atoms with E-state index in [1.807, 2.05) is 17.7 Å². The zero-order valence-corrected chi connectivity index (χ0v) is 23.4. The van der Waals surface area contributed by atoms with Gasteiger partial charge in [-0.2, -0.15) is 0 Å². The lowest BCUT2D eigenvalue weighted by Crippen LogP contribution is -2.52. The molecule has 2 aliphatic rings. The monoisotopic (exact) mass is 566 g/mol. The summed E-state index contributed by atoms with van der Waals surface area (Å²) < 4.78 is 26.2. The van der Waals surface area contributed by atoms with Crippen LogP contribution in [0.4, 0.5) is 10.3 Å². The number of ether oxygens (including phenoxy) is 2. The number of carbonyl (C=O) groups is 2. The van der Waals surface area contributed by atoms with Crippen LogP contribution in [0.25, 0.3) is 11.3 Å². The molecule has 2 aliphatic heterocycles. The van der Waals surface area contributed by atoms with Crippen molar-refractivity contribution >= 4 is 17.8 Å². The number of carbonyl (C=O) groups excluding carboxylic acids is 2. The Morgan fingerprint density at radius 2 is 2.02 bits per heavy atom. The van der Waals surface area contributed by atoms with Crippen molar-refractivity contribution in [3.05, 3.63) is 59.3 Å². The van der Waals surface area contributed by atoms with Crippen molar-refractivity contribution in [2.24, 2.45) is 0 Å². The molecule has 1 fully saturated rings. The highest BCUT2D eigenvalue weighted by Gasteiger charge is 2.32. The number of aryl methyl sites for hydroxylation is 1. The molecule has 0 unspecified atom stereocenters. The number of aliphatic hydroxyl groups excluding tert-OH is 1. The molecule has 12 heteroatoms. The van der Waals surface area contributed by atoms with Gasteiger partial charge in [0.2, 0.25) is 11.9 Å². The van der Waals surface area contributed by atoms with Crippen LogP contribution in [0.3, 0.4) is 0 Å². The summed E-state index contributed by atoms with van der Waals surface area (Å²) in [7, 11) is 1.40. The maximum Gasteiger partial charge on any atom is 0.271 e. The molecule has 5 rings (SSSR count). The molecule has 3 aromatic rings. The zero-order valence-electron chi connectivity index (χ0n) is 23.4. The average Bonchev–Trinajstić information content (AvgIpc) is 3.42. The van der Waals surface area contributed by atoms with E-state index in [-0.39, 0.29) is 29.8 Å². The Labute approximate surface area is 237 Å². The molecule has 0 saturated carbocycles. The van der Waals surface area contributed by atoms with Crippen LogP contribution in [0.15, 0.2) is 36.7 Å². The number of anilines is 1. The molecule has 0 bridgehead atoms. The summed E-state index contributed by atoms with van der Waals surface area (Å²) in [6.07, 6.45) is 4.32. The first-order chi connectivity index (χ1) is 19.7. The number of hydrogen-bond donors (Lipinski definition) is 3. The van der Waals surface area contributed by atoms with Crippen LogP contribution in [0.5, 0.6) is 5.75 Å². The minimum Gasteiger partial charge on any atom is -0.497 e. The number of aromatic nitrogens is 3. The lowest BCUT2D eigenvalue weighted by Gasteiger charge is -2.32. The largest absolute Gasteiger partial charge is 0.497 e. The number of fused-ring (bicyclic) bond motifs is 1. The molecule has 0 aliphatic carbocycles. The van der Waals surface area contributed by atoms with Gasteiger partial charge in [0, 0.05) is 62.9 Å². The maximum absolute atomic E-state index is 13.8. The van der Waals surface area contributed by atoms with Crippen LogP contribution < -0.4 is 15.4 Å². The van der Waals surface area contributed by atoms with Crippen molar-refractivity contribution in [3.63, 3.8) is 0 Å². The first kappa shape index (κ1) is 28.5. The van der Waals surface area contributed by atoms with Crippen molar-refractivity contribution in [3.8, 4) is 17.0 Å². The number of nitrogens with one attached hydrogen (secondary N) is 2. The second-order valence-corrected chi connectivity index (χ2v) is 10.4. The topological polar surface area (TPSA) is 131 Å². The maximum atomic E-state index is 13.8. The van der Waals surface area contributed by atoms with Crippen molar-refractivity contribution < 1.29 is 28.6 Å². The minimum absolute atomic E-state index is 0.143. The number of halogens is 1. The number of amides is 2. The molecule has 41 heavy (non-hydrogen) atoms. The summed E-state index contributed by atoms with van der Waals surface area (Å²) in [5, 5.41) is 16.6.